The highest BCUT2D eigenvalue weighted by molar-refractivity contribution is 5.93. The van der Waals surface area contributed by atoms with Crippen molar-refractivity contribution in [2.24, 2.45) is 27.9 Å². The van der Waals surface area contributed by atoms with Crippen molar-refractivity contribution in [3.63, 3.8) is 0 Å². The van der Waals surface area contributed by atoms with Crippen LogP contribution < -0.4 is 28.3 Å². The van der Waals surface area contributed by atoms with Gasteiger partial charge in [0.15, 0.2) is 11.8 Å². The molecule has 4 rings (SSSR count). The van der Waals surface area contributed by atoms with E-state index < -0.39 is 11.9 Å². The van der Waals surface area contributed by atoms with Crippen LogP contribution in [0.4, 0.5) is 10.5 Å². The van der Waals surface area contributed by atoms with Crippen molar-refractivity contribution < 1.29 is 9.59 Å². The largest absolute Gasteiger partial charge is 0.391 e. The molecule has 1 saturated carbocycles. The Hall–Kier alpha value is -3.47. The lowest BCUT2D eigenvalue weighted by Gasteiger charge is -2.40. The molecule has 3 aliphatic rings. The highest BCUT2D eigenvalue weighted by Crippen LogP contribution is 2.39. The number of anilines is 1. The van der Waals surface area contributed by atoms with Crippen molar-refractivity contribution in [1.82, 2.24) is 14.7 Å². The molecule has 1 aromatic carbocycles. The van der Waals surface area contributed by atoms with Gasteiger partial charge in [-0.2, -0.15) is 4.99 Å². The fourth-order valence-corrected chi connectivity index (χ4v) is 4.78. The van der Waals surface area contributed by atoms with Crippen LogP contribution >= 0.6 is 0 Å². The van der Waals surface area contributed by atoms with E-state index in [1.54, 1.807) is 14.1 Å². The van der Waals surface area contributed by atoms with Crippen molar-refractivity contribution >= 4 is 23.6 Å². The summed E-state index contributed by atoms with van der Waals surface area (Å²) < 4.78 is 0. The topological polar surface area (TPSA) is 172 Å². The fourth-order valence-electron chi connectivity index (χ4n) is 4.78. The summed E-state index contributed by atoms with van der Waals surface area (Å²) in [6.45, 7) is 10.4. The SMILES string of the molecule is CC.CC1(c2ccc(NC(/N=C(\N)N3CCCCC3)=C(/N)C(N)=O)cc2)CCN(C2CC2)CC1.CN(C)C(N)=O. The minimum atomic E-state index is -0.728. The number of carbonyl (C=O) groups is 2. The van der Waals surface area contributed by atoms with E-state index in [1.807, 2.05) is 30.9 Å². The van der Waals surface area contributed by atoms with E-state index in [2.05, 4.69) is 34.3 Å². The molecule has 9 N–H and O–H groups in total. The van der Waals surface area contributed by atoms with Crippen LogP contribution in [0.3, 0.4) is 0 Å². The number of primary amides is 2. The van der Waals surface area contributed by atoms with E-state index in [0.29, 0.717) is 5.96 Å². The van der Waals surface area contributed by atoms with Crippen LogP contribution in [0, 0.1) is 0 Å². The lowest BCUT2D eigenvalue weighted by atomic mass is 9.74. The first-order chi connectivity index (χ1) is 19.0. The second-order valence-electron chi connectivity index (χ2n) is 10.9. The summed E-state index contributed by atoms with van der Waals surface area (Å²) in [7, 11) is 3.20. The Kier molecular flexibility index (Phi) is 12.6. The molecule has 1 aliphatic carbocycles. The van der Waals surface area contributed by atoms with Gasteiger partial charge in [0.1, 0.15) is 5.70 Å². The number of urea groups is 1. The van der Waals surface area contributed by atoms with Crippen LogP contribution in [0.15, 0.2) is 40.8 Å². The number of rotatable bonds is 6. The molecule has 0 aromatic heterocycles. The van der Waals surface area contributed by atoms with Gasteiger partial charge in [0.25, 0.3) is 5.91 Å². The molecule has 11 heteroatoms. The lowest BCUT2D eigenvalue weighted by Crippen LogP contribution is -2.41. The number of piperidine rings is 2. The molecule has 0 atom stereocenters. The molecule has 40 heavy (non-hydrogen) atoms. The van der Waals surface area contributed by atoms with Gasteiger partial charge in [-0.15, -0.1) is 0 Å². The Balaban J connectivity index is 0.000000622. The highest BCUT2D eigenvalue weighted by Gasteiger charge is 2.37. The summed E-state index contributed by atoms with van der Waals surface area (Å²) in [5.74, 6) is -0.186. The monoisotopic (exact) mass is 557 g/mol. The molecule has 3 fully saturated rings. The third-order valence-corrected chi connectivity index (χ3v) is 7.68. The van der Waals surface area contributed by atoms with Crippen molar-refractivity contribution in [3.05, 3.63) is 41.3 Å². The first-order valence-corrected chi connectivity index (χ1v) is 14.5. The van der Waals surface area contributed by atoms with Crippen LogP contribution in [0.2, 0.25) is 0 Å². The zero-order chi connectivity index (χ0) is 29.9. The number of hydrogen-bond acceptors (Lipinski definition) is 6. The van der Waals surface area contributed by atoms with Gasteiger partial charge in [-0.05, 0) is 81.1 Å². The fraction of sp³-hybridized carbons (Fsp3) is 0.621. The third kappa shape index (κ3) is 9.62. The van der Waals surface area contributed by atoms with E-state index in [-0.39, 0.29) is 16.9 Å². The standard InChI is InChI=1S/C24H37N7O.C3H8N2O.C2H6/c1-24(11-15-30(16-12-24)19-9-10-19)17-5-7-18(8-6-17)28-22(20(25)21(26)32)29-23(27)31-13-3-2-4-14-31;1-5(2)3(4)6;1-2/h5-8,19,28H,2-4,9-16,25H2,1H3,(H2,26,32)(H2,27,29);1-2H3,(H2,4,6);1-2H3/b22-20-;;. The van der Waals surface area contributed by atoms with E-state index >= 15 is 0 Å². The third-order valence-electron chi connectivity index (χ3n) is 7.68. The Bertz CT molecular complexity index is 1020. The van der Waals surface area contributed by atoms with E-state index in [0.717, 1.165) is 37.7 Å². The van der Waals surface area contributed by atoms with Crippen molar-refractivity contribution in [2.45, 2.75) is 77.2 Å². The molecular weight excluding hydrogens is 506 g/mol. The smallest absolute Gasteiger partial charge is 0.314 e. The van der Waals surface area contributed by atoms with Gasteiger partial charge >= 0.3 is 6.03 Å². The minimum absolute atomic E-state index is 0.131. The number of guanidine groups is 1. The predicted octanol–water partition coefficient (Wildman–Crippen LogP) is 2.68. The number of amides is 3. The molecule has 224 valence electrons. The van der Waals surface area contributed by atoms with Crippen LogP contribution in [0.1, 0.15) is 71.3 Å². The second kappa shape index (κ2) is 15.4. The number of benzene rings is 1. The van der Waals surface area contributed by atoms with Crippen LogP contribution in [-0.4, -0.2) is 78.9 Å². The number of hydrogen-bond donors (Lipinski definition) is 5. The summed E-state index contributed by atoms with van der Waals surface area (Å²) >= 11 is 0. The molecule has 0 unspecified atom stereocenters. The van der Waals surface area contributed by atoms with Gasteiger partial charge in [-0.25, -0.2) is 4.79 Å². The zero-order valence-electron chi connectivity index (χ0n) is 25.1. The lowest BCUT2D eigenvalue weighted by molar-refractivity contribution is -0.114. The van der Waals surface area contributed by atoms with Gasteiger partial charge in [0.05, 0.1) is 0 Å². The van der Waals surface area contributed by atoms with E-state index in [1.165, 1.54) is 55.7 Å². The maximum atomic E-state index is 11.7. The van der Waals surface area contributed by atoms with Gasteiger partial charge in [-0.1, -0.05) is 32.9 Å². The van der Waals surface area contributed by atoms with Gasteiger partial charge in [-0.3, -0.25) is 4.79 Å². The summed E-state index contributed by atoms with van der Waals surface area (Å²) in [5.41, 5.74) is 24.5. The summed E-state index contributed by atoms with van der Waals surface area (Å²) in [5, 5.41) is 3.15. The minimum Gasteiger partial charge on any atom is -0.391 e. The number of carbonyl (C=O) groups excluding carboxylic acids is 2. The average molecular weight is 558 g/mol. The molecule has 0 bridgehead atoms. The van der Waals surface area contributed by atoms with E-state index in [9.17, 15) is 9.59 Å². The van der Waals surface area contributed by atoms with Crippen LogP contribution in [0.25, 0.3) is 0 Å². The maximum Gasteiger partial charge on any atom is 0.314 e. The molecule has 1 aromatic rings. The Labute approximate surface area is 240 Å². The average Bonchev–Trinajstić information content (AvgIpc) is 3.80. The molecule has 2 saturated heterocycles. The van der Waals surface area contributed by atoms with Crippen molar-refractivity contribution in [1.29, 1.82) is 0 Å². The quantitative estimate of drug-likeness (QED) is 0.203. The predicted molar refractivity (Wildman–Crippen MR) is 163 cm³/mol. The molecule has 2 heterocycles. The van der Waals surface area contributed by atoms with Crippen LogP contribution in [-0.2, 0) is 10.2 Å². The number of nitrogens with two attached hydrogens (primary N) is 4. The van der Waals surface area contributed by atoms with Crippen LogP contribution in [0.5, 0.6) is 0 Å². The molecule has 0 radical (unpaired) electrons. The molecule has 0 spiro atoms. The number of nitrogens with one attached hydrogen (secondary N) is 1. The molecule has 11 nitrogen and oxygen atoms in total. The van der Waals surface area contributed by atoms with Crippen molar-refractivity contribution in [3.8, 4) is 0 Å². The number of likely N-dealkylation sites (tertiary alicyclic amines) is 2. The van der Waals surface area contributed by atoms with Gasteiger partial charge in [0.2, 0.25) is 0 Å². The Morgan fingerprint density at radius 3 is 1.90 bits per heavy atom. The zero-order valence-corrected chi connectivity index (χ0v) is 25.1. The van der Waals surface area contributed by atoms with E-state index in [4.69, 9.17) is 22.9 Å². The summed E-state index contributed by atoms with van der Waals surface area (Å²) in [6.07, 6.45) is 8.43. The molecule has 2 aliphatic heterocycles. The summed E-state index contributed by atoms with van der Waals surface area (Å²) in [6, 6.07) is 8.76. The highest BCUT2D eigenvalue weighted by atomic mass is 16.2. The van der Waals surface area contributed by atoms with Crippen molar-refractivity contribution in [2.75, 3.05) is 45.6 Å². The Morgan fingerprint density at radius 1 is 0.925 bits per heavy atom. The number of aliphatic imine (C=N–C) groups is 1. The normalized spacial score (nSPS) is 19.6. The number of nitrogens with zero attached hydrogens (tertiary/aromatic N) is 4. The molecular formula is C29H51N9O2. The maximum absolute atomic E-state index is 11.7. The second-order valence-corrected chi connectivity index (χ2v) is 10.9. The molecule has 3 amide bonds. The van der Waals surface area contributed by atoms with Gasteiger partial charge < -0.3 is 43.0 Å². The first kappa shape index (κ1) is 32.7. The Morgan fingerprint density at radius 2 is 1.45 bits per heavy atom. The first-order valence-electron chi connectivity index (χ1n) is 14.5. The summed E-state index contributed by atoms with van der Waals surface area (Å²) in [4.78, 5) is 32.0. The van der Waals surface area contributed by atoms with Gasteiger partial charge in [0, 0.05) is 38.9 Å².